The van der Waals surface area contributed by atoms with E-state index in [0.717, 1.165) is 11.1 Å². The quantitative estimate of drug-likeness (QED) is 0.817. The predicted molar refractivity (Wildman–Crippen MR) is 101 cm³/mol. The third kappa shape index (κ3) is 2.78. The number of amidine groups is 1. The zero-order chi connectivity index (χ0) is 17.4. The van der Waals surface area contributed by atoms with E-state index in [9.17, 15) is 4.79 Å². The molecule has 2 N–H and O–H groups in total. The van der Waals surface area contributed by atoms with Gasteiger partial charge < -0.3 is 15.5 Å². The van der Waals surface area contributed by atoms with Gasteiger partial charge in [0.2, 0.25) is 5.91 Å². The third-order valence-electron chi connectivity index (χ3n) is 4.65. The van der Waals surface area contributed by atoms with Crippen molar-refractivity contribution in [1.29, 1.82) is 0 Å². The van der Waals surface area contributed by atoms with Crippen LogP contribution >= 0.6 is 12.2 Å². The first-order valence-corrected chi connectivity index (χ1v) is 8.58. The molecule has 0 aromatic heterocycles. The molecule has 126 valence electrons. The number of thiocarbonyl (C=S) groups is 1. The number of hydrogen-bond acceptors (Lipinski definition) is 3. The third-order valence-corrected chi connectivity index (χ3v) is 4.87. The summed E-state index contributed by atoms with van der Waals surface area (Å²) in [4.78, 5) is 19.7. The fourth-order valence-corrected chi connectivity index (χ4v) is 3.63. The van der Waals surface area contributed by atoms with Crippen molar-refractivity contribution in [3.63, 3.8) is 0 Å². The number of aliphatic imine (C=N–C) groups is 1. The van der Waals surface area contributed by atoms with Crippen LogP contribution in [0.1, 0.15) is 23.3 Å². The van der Waals surface area contributed by atoms with Crippen molar-refractivity contribution in [3.05, 3.63) is 71.8 Å². The van der Waals surface area contributed by atoms with Crippen LogP contribution in [-0.4, -0.2) is 28.8 Å². The molecule has 5 nitrogen and oxygen atoms in total. The number of benzene rings is 2. The Morgan fingerprint density at radius 3 is 2.24 bits per heavy atom. The summed E-state index contributed by atoms with van der Waals surface area (Å²) in [5, 5.41) is 6.81. The van der Waals surface area contributed by atoms with Crippen molar-refractivity contribution in [3.8, 4) is 0 Å². The van der Waals surface area contributed by atoms with Crippen molar-refractivity contribution >= 4 is 29.1 Å². The van der Waals surface area contributed by atoms with Crippen LogP contribution in [0.25, 0.3) is 0 Å². The van der Waals surface area contributed by atoms with Gasteiger partial charge in [0.05, 0.1) is 6.04 Å². The van der Waals surface area contributed by atoms with Gasteiger partial charge in [0.15, 0.2) is 11.3 Å². The average Bonchev–Trinajstić information content (AvgIpc) is 2.65. The van der Waals surface area contributed by atoms with E-state index >= 15 is 0 Å². The molecule has 2 aromatic carbocycles. The maximum absolute atomic E-state index is 13.2. The molecule has 4 rings (SSSR count). The molecule has 0 saturated carbocycles. The summed E-state index contributed by atoms with van der Waals surface area (Å²) < 4.78 is 0. The molecule has 0 bridgehead atoms. The lowest BCUT2D eigenvalue weighted by atomic mass is 9.87. The highest BCUT2D eigenvalue weighted by Gasteiger charge is 2.44. The van der Waals surface area contributed by atoms with Crippen molar-refractivity contribution in [2.75, 3.05) is 7.05 Å². The van der Waals surface area contributed by atoms with E-state index in [0.29, 0.717) is 10.9 Å². The molecule has 2 aliphatic rings. The maximum Gasteiger partial charge on any atom is 0.237 e. The number of nitrogens with zero attached hydrogens (tertiary/aromatic N) is 2. The van der Waals surface area contributed by atoms with E-state index in [1.54, 1.807) is 11.9 Å². The number of amides is 1. The number of carbonyl (C=O) groups is 1. The first kappa shape index (κ1) is 15.8. The van der Waals surface area contributed by atoms with Gasteiger partial charge in [0.25, 0.3) is 0 Å². The second-order valence-corrected chi connectivity index (χ2v) is 6.62. The average molecular weight is 350 g/mol. The molecule has 25 heavy (non-hydrogen) atoms. The standard InChI is InChI=1S/C19H18N4OS/c1-23-17(13-10-6-3-7-11-13)21-16-14(18(23)24)15(20-19(25)22-16)12-8-4-2-5-9-12/h2-11,14-15,17H,1H3,(H2,20,21,22,25). The molecule has 1 saturated heterocycles. The second kappa shape index (κ2) is 6.29. The summed E-state index contributed by atoms with van der Waals surface area (Å²) in [6.07, 6.45) is -0.343. The van der Waals surface area contributed by atoms with Crippen molar-refractivity contribution < 1.29 is 4.79 Å². The van der Waals surface area contributed by atoms with Gasteiger partial charge >= 0.3 is 0 Å². The predicted octanol–water partition coefficient (Wildman–Crippen LogP) is 2.39. The van der Waals surface area contributed by atoms with Gasteiger partial charge in [-0.3, -0.25) is 4.79 Å². The molecule has 1 fully saturated rings. The Bertz CT molecular complexity index is 837. The van der Waals surface area contributed by atoms with Gasteiger partial charge in [-0.2, -0.15) is 0 Å². The van der Waals surface area contributed by atoms with Gasteiger partial charge in [-0.25, -0.2) is 4.99 Å². The molecule has 2 aliphatic heterocycles. The first-order chi connectivity index (χ1) is 12.1. The molecule has 3 unspecified atom stereocenters. The highest BCUT2D eigenvalue weighted by Crippen LogP contribution is 2.34. The minimum atomic E-state index is -0.418. The lowest BCUT2D eigenvalue weighted by Crippen LogP contribution is -2.60. The highest BCUT2D eigenvalue weighted by molar-refractivity contribution is 7.80. The normalized spacial score (nSPS) is 25.6. The van der Waals surface area contributed by atoms with E-state index in [1.807, 2.05) is 60.7 Å². The Morgan fingerprint density at radius 2 is 1.60 bits per heavy atom. The summed E-state index contributed by atoms with van der Waals surface area (Å²) in [7, 11) is 1.80. The van der Waals surface area contributed by atoms with Crippen LogP contribution in [0, 0.1) is 5.92 Å². The Balaban J connectivity index is 1.77. The lowest BCUT2D eigenvalue weighted by Gasteiger charge is -2.42. The molecule has 6 heteroatoms. The second-order valence-electron chi connectivity index (χ2n) is 6.21. The summed E-state index contributed by atoms with van der Waals surface area (Å²) in [5.41, 5.74) is 2.00. The van der Waals surface area contributed by atoms with E-state index in [1.165, 1.54) is 0 Å². The Kier molecular flexibility index (Phi) is 3.97. The van der Waals surface area contributed by atoms with Gasteiger partial charge in [-0.15, -0.1) is 0 Å². The molecule has 1 amide bonds. The smallest absolute Gasteiger partial charge is 0.237 e. The molecule has 2 aromatic rings. The molecule has 2 heterocycles. The van der Waals surface area contributed by atoms with Crippen LogP contribution in [0.5, 0.6) is 0 Å². The monoisotopic (exact) mass is 350 g/mol. The van der Waals surface area contributed by atoms with Crippen LogP contribution < -0.4 is 10.6 Å². The summed E-state index contributed by atoms with van der Waals surface area (Å²) in [6.45, 7) is 0. The fraction of sp³-hybridized carbons (Fsp3) is 0.211. The minimum absolute atomic E-state index is 0.0233. The van der Waals surface area contributed by atoms with Crippen LogP contribution in [0.15, 0.2) is 65.7 Å². The SMILES string of the molecule is CN1C(=O)C2C(=NC1c1ccccc1)NC(=S)NC2c1ccccc1. The van der Waals surface area contributed by atoms with Gasteiger partial charge in [0.1, 0.15) is 11.8 Å². The number of hydrogen-bond donors (Lipinski definition) is 2. The van der Waals surface area contributed by atoms with E-state index in [4.69, 9.17) is 17.2 Å². The zero-order valence-electron chi connectivity index (χ0n) is 13.7. The summed E-state index contributed by atoms with van der Waals surface area (Å²) in [5.74, 6) is 0.240. The Labute approximate surface area is 151 Å². The Hall–Kier alpha value is -2.73. The number of rotatable bonds is 2. The van der Waals surface area contributed by atoms with Gasteiger partial charge in [-0.1, -0.05) is 60.7 Å². The molecule has 0 aliphatic carbocycles. The van der Waals surface area contributed by atoms with Crippen molar-refractivity contribution in [1.82, 2.24) is 15.5 Å². The number of carbonyl (C=O) groups excluding carboxylic acids is 1. The largest absolute Gasteiger partial charge is 0.354 e. The molecule has 0 radical (unpaired) electrons. The Morgan fingerprint density at radius 1 is 1.00 bits per heavy atom. The van der Waals surface area contributed by atoms with E-state index in [2.05, 4.69) is 10.6 Å². The summed E-state index contributed by atoms with van der Waals surface area (Å²) in [6, 6.07) is 19.5. The molecule has 0 spiro atoms. The maximum atomic E-state index is 13.2. The molecule has 3 atom stereocenters. The number of nitrogens with one attached hydrogen (secondary N) is 2. The van der Waals surface area contributed by atoms with Crippen molar-refractivity contribution in [2.45, 2.75) is 12.2 Å². The zero-order valence-corrected chi connectivity index (χ0v) is 14.5. The van der Waals surface area contributed by atoms with E-state index < -0.39 is 5.92 Å². The van der Waals surface area contributed by atoms with Gasteiger partial charge in [0, 0.05) is 7.05 Å². The lowest BCUT2D eigenvalue weighted by molar-refractivity contribution is -0.136. The molecular weight excluding hydrogens is 332 g/mol. The summed E-state index contributed by atoms with van der Waals surface area (Å²) >= 11 is 5.35. The topological polar surface area (TPSA) is 56.7 Å². The van der Waals surface area contributed by atoms with E-state index in [-0.39, 0.29) is 18.1 Å². The first-order valence-electron chi connectivity index (χ1n) is 8.17. The van der Waals surface area contributed by atoms with Crippen LogP contribution in [-0.2, 0) is 4.79 Å². The minimum Gasteiger partial charge on any atom is -0.354 e. The van der Waals surface area contributed by atoms with Crippen molar-refractivity contribution in [2.24, 2.45) is 10.9 Å². The highest BCUT2D eigenvalue weighted by atomic mass is 32.1. The van der Waals surface area contributed by atoms with Gasteiger partial charge in [-0.05, 0) is 23.3 Å². The van der Waals surface area contributed by atoms with Crippen LogP contribution in [0.3, 0.4) is 0 Å². The van der Waals surface area contributed by atoms with Crippen LogP contribution in [0.2, 0.25) is 0 Å². The fourth-order valence-electron chi connectivity index (χ4n) is 3.40. The van der Waals surface area contributed by atoms with Crippen LogP contribution in [0.4, 0.5) is 0 Å². The molecular formula is C19H18N4OS. The number of fused-ring (bicyclic) bond motifs is 1.